The molecule has 0 saturated carbocycles. The number of piperidine rings is 1. The van der Waals surface area contributed by atoms with Crippen molar-refractivity contribution in [3.05, 3.63) is 35.5 Å². The molecule has 0 spiro atoms. The topological polar surface area (TPSA) is 42.8 Å². The van der Waals surface area contributed by atoms with Gasteiger partial charge in [0.05, 0.1) is 10.7 Å². The van der Waals surface area contributed by atoms with Gasteiger partial charge in [0.15, 0.2) is 0 Å². The van der Waals surface area contributed by atoms with E-state index in [0.717, 1.165) is 19.4 Å². The summed E-state index contributed by atoms with van der Waals surface area (Å²) in [6, 6.07) is 11.4. The first-order valence-electron chi connectivity index (χ1n) is 9.68. The summed E-state index contributed by atoms with van der Waals surface area (Å²) >= 11 is 4.16. The maximum absolute atomic E-state index is 9.80. The molecule has 3 atom stereocenters. The SMILES string of the molecule is CC[C@@H]1[C@@H](c2c(C3SCCCS3)[nH]c3ccccc23)CCN(C)[C@@H]1C#N. The Morgan fingerprint density at radius 2 is 2.04 bits per heavy atom. The first-order chi connectivity index (χ1) is 12.7. The van der Waals surface area contributed by atoms with Crippen LogP contribution >= 0.6 is 23.5 Å². The van der Waals surface area contributed by atoms with Crippen molar-refractivity contribution in [1.29, 1.82) is 5.26 Å². The molecule has 2 fully saturated rings. The van der Waals surface area contributed by atoms with E-state index in [0.29, 0.717) is 16.4 Å². The molecule has 2 aromatic rings. The maximum atomic E-state index is 9.80. The zero-order valence-electron chi connectivity index (χ0n) is 15.6. The maximum Gasteiger partial charge on any atom is 0.101 e. The predicted molar refractivity (Wildman–Crippen MR) is 114 cm³/mol. The van der Waals surface area contributed by atoms with Crippen LogP contribution in [0.2, 0.25) is 0 Å². The number of rotatable bonds is 3. The Bertz CT molecular complexity index is 803. The van der Waals surface area contributed by atoms with E-state index in [-0.39, 0.29) is 6.04 Å². The van der Waals surface area contributed by atoms with Crippen LogP contribution in [0, 0.1) is 17.2 Å². The zero-order chi connectivity index (χ0) is 18.1. The minimum absolute atomic E-state index is 0.0203. The van der Waals surface area contributed by atoms with Crippen molar-refractivity contribution < 1.29 is 0 Å². The van der Waals surface area contributed by atoms with Gasteiger partial charge in [-0.25, -0.2) is 0 Å². The highest BCUT2D eigenvalue weighted by atomic mass is 32.2. The lowest BCUT2D eigenvalue weighted by Gasteiger charge is -2.41. The van der Waals surface area contributed by atoms with Crippen LogP contribution in [0.3, 0.4) is 0 Å². The standard InChI is InChI=1S/C21H27N3S2/c1-3-14-15(9-10-24(2)18(14)13-22)19-16-7-4-5-8-17(16)23-20(19)21-25-11-6-12-26-21/h4-5,7-8,14-15,18,21,23H,3,6,9-12H2,1-2H3/t14-,15+,18-/m1/s1. The van der Waals surface area contributed by atoms with Gasteiger partial charge in [0.25, 0.3) is 0 Å². The van der Waals surface area contributed by atoms with Crippen molar-refractivity contribution in [1.82, 2.24) is 9.88 Å². The van der Waals surface area contributed by atoms with Gasteiger partial charge in [-0.15, -0.1) is 23.5 Å². The number of nitrogens with zero attached hydrogens (tertiary/aromatic N) is 2. The third-order valence-corrected chi connectivity index (χ3v) is 8.95. The first kappa shape index (κ1) is 18.3. The second-order valence-electron chi connectivity index (χ2n) is 7.45. The van der Waals surface area contributed by atoms with Crippen LogP contribution in [0.4, 0.5) is 0 Å². The van der Waals surface area contributed by atoms with E-state index < -0.39 is 0 Å². The average Bonchev–Trinajstić information content (AvgIpc) is 3.07. The molecule has 2 saturated heterocycles. The molecule has 26 heavy (non-hydrogen) atoms. The normalized spacial score (nSPS) is 28.3. The number of para-hydroxylation sites is 1. The molecule has 0 amide bonds. The quantitative estimate of drug-likeness (QED) is 0.771. The van der Waals surface area contributed by atoms with Gasteiger partial charge in [0.1, 0.15) is 6.04 Å². The van der Waals surface area contributed by atoms with Crippen molar-refractivity contribution in [3.8, 4) is 6.07 Å². The van der Waals surface area contributed by atoms with Gasteiger partial charge in [0, 0.05) is 16.6 Å². The molecule has 2 aliphatic heterocycles. The predicted octanol–water partition coefficient (Wildman–Crippen LogP) is 5.37. The van der Waals surface area contributed by atoms with E-state index in [1.165, 1.54) is 40.1 Å². The first-order valence-corrected chi connectivity index (χ1v) is 11.8. The van der Waals surface area contributed by atoms with Crippen LogP contribution in [0.1, 0.15) is 47.9 Å². The van der Waals surface area contributed by atoms with E-state index in [1.54, 1.807) is 0 Å². The van der Waals surface area contributed by atoms with Crippen molar-refractivity contribution >= 4 is 34.4 Å². The number of hydrogen-bond acceptors (Lipinski definition) is 4. The van der Waals surface area contributed by atoms with Crippen LogP contribution in [-0.4, -0.2) is 41.0 Å². The van der Waals surface area contributed by atoms with Crippen LogP contribution in [-0.2, 0) is 0 Å². The Balaban J connectivity index is 1.82. The fourth-order valence-corrected chi connectivity index (χ4v) is 7.63. The summed E-state index contributed by atoms with van der Waals surface area (Å²) in [5.41, 5.74) is 4.19. The average molecular weight is 386 g/mol. The molecule has 0 unspecified atom stereocenters. The summed E-state index contributed by atoms with van der Waals surface area (Å²) in [6.07, 6.45) is 3.50. The molecule has 2 aliphatic rings. The van der Waals surface area contributed by atoms with Gasteiger partial charge in [-0.1, -0.05) is 31.5 Å². The van der Waals surface area contributed by atoms with Crippen LogP contribution < -0.4 is 0 Å². The second-order valence-corrected chi connectivity index (χ2v) is 10.2. The Morgan fingerprint density at radius 1 is 1.27 bits per heavy atom. The third kappa shape index (κ3) is 3.17. The van der Waals surface area contributed by atoms with E-state index in [4.69, 9.17) is 0 Å². The Kier molecular flexibility index (Phi) is 5.54. The minimum atomic E-state index is 0.0203. The van der Waals surface area contributed by atoms with Gasteiger partial charge in [-0.3, -0.25) is 4.90 Å². The number of nitrogens with one attached hydrogen (secondary N) is 1. The fraction of sp³-hybridized carbons (Fsp3) is 0.571. The highest BCUT2D eigenvalue weighted by Crippen LogP contribution is 2.50. The number of nitriles is 1. The molecule has 0 aliphatic carbocycles. The molecule has 4 rings (SSSR count). The van der Waals surface area contributed by atoms with Gasteiger partial charge in [-0.05, 0) is 61.4 Å². The fourth-order valence-electron chi connectivity index (χ4n) is 4.73. The molecule has 1 N–H and O–H groups in total. The number of likely N-dealkylation sites (tertiary alicyclic amines) is 1. The lowest BCUT2D eigenvalue weighted by atomic mass is 9.74. The second kappa shape index (κ2) is 7.88. The number of hydrogen-bond donors (Lipinski definition) is 1. The summed E-state index contributed by atoms with van der Waals surface area (Å²) < 4.78 is 0.504. The molecule has 138 valence electrons. The molecule has 1 aromatic carbocycles. The van der Waals surface area contributed by atoms with E-state index in [2.05, 4.69) is 77.7 Å². The summed E-state index contributed by atoms with van der Waals surface area (Å²) in [6.45, 7) is 3.25. The Morgan fingerprint density at radius 3 is 2.77 bits per heavy atom. The van der Waals surface area contributed by atoms with Crippen molar-refractivity contribution in [2.75, 3.05) is 25.1 Å². The number of benzene rings is 1. The molecule has 0 radical (unpaired) electrons. The highest BCUT2D eigenvalue weighted by Gasteiger charge is 2.39. The summed E-state index contributed by atoms with van der Waals surface area (Å²) in [5.74, 6) is 3.36. The number of H-pyrrole nitrogens is 1. The number of fused-ring (bicyclic) bond motifs is 1. The molecular formula is C21H27N3S2. The molecule has 1 aromatic heterocycles. The minimum Gasteiger partial charge on any atom is -0.357 e. The summed E-state index contributed by atoms with van der Waals surface area (Å²) in [7, 11) is 2.11. The summed E-state index contributed by atoms with van der Waals surface area (Å²) in [5, 5.41) is 11.2. The van der Waals surface area contributed by atoms with Gasteiger partial charge >= 0.3 is 0 Å². The van der Waals surface area contributed by atoms with Crippen LogP contribution in [0.25, 0.3) is 10.9 Å². The lowest BCUT2D eigenvalue weighted by molar-refractivity contribution is 0.134. The highest BCUT2D eigenvalue weighted by molar-refractivity contribution is 8.16. The van der Waals surface area contributed by atoms with Crippen LogP contribution in [0.5, 0.6) is 0 Å². The molecule has 3 nitrogen and oxygen atoms in total. The smallest absolute Gasteiger partial charge is 0.101 e. The molecular weight excluding hydrogens is 358 g/mol. The third-order valence-electron chi connectivity index (χ3n) is 6.00. The van der Waals surface area contributed by atoms with E-state index in [1.807, 2.05) is 0 Å². The van der Waals surface area contributed by atoms with E-state index >= 15 is 0 Å². The number of aromatic amines is 1. The van der Waals surface area contributed by atoms with Crippen molar-refractivity contribution in [3.63, 3.8) is 0 Å². The largest absolute Gasteiger partial charge is 0.357 e. The number of thioether (sulfide) groups is 2. The van der Waals surface area contributed by atoms with E-state index in [9.17, 15) is 5.26 Å². The summed E-state index contributed by atoms with van der Waals surface area (Å²) in [4.78, 5) is 6.03. The monoisotopic (exact) mass is 385 g/mol. The Hall–Kier alpha value is -1.09. The van der Waals surface area contributed by atoms with Crippen molar-refractivity contribution in [2.24, 2.45) is 5.92 Å². The zero-order valence-corrected chi connectivity index (χ0v) is 17.2. The lowest BCUT2D eigenvalue weighted by Crippen LogP contribution is -2.45. The van der Waals surface area contributed by atoms with Crippen molar-refractivity contribution in [2.45, 2.75) is 42.7 Å². The van der Waals surface area contributed by atoms with Gasteiger partial charge in [-0.2, -0.15) is 5.26 Å². The molecule has 3 heterocycles. The number of aromatic nitrogens is 1. The van der Waals surface area contributed by atoms with Crippen LogP contribution in [0.15, 0.2) is 24.3 Å². The van der Waals surface area contributed by atoms with Gasteiger partial charge in [0.2, 0.25) is 0 Å². The molecule has 0 bridgehead atoms. The molecule has 5 heteroatoms. The van der Waals surface area contributed by atoms with Gasteiger partial charge < -0.3 is 4.98 Å². The Labute approximate surface area is 164 Å².